The molecule has 112 valence electrons. The number of unbranched alkanes of at least 4 members (excludes halogenated alkanes) is 4. The molecule has 1 N–H and O–H groups in total. The highest BCUT2D eigenvalue weighted by Crippen LogP contribution is 2.61. The minimum absolute atomic E-state index is 0.219. The molecule has 0 spiro atoms. The summed E-state index contributed by atoms with van der Waals surface area (Å²) in [6.07, 6.45) is 11.9. The molecule has 0 aromatic rings. The van der Waals surface area contributed by atoms with Gasteiger partial charge in [-0.05, 0) is 32.1 Å². The lowest BCUT2D eigenvalue weighted by atomic mass is 9.86. The van der Waals surface area contributed by atoms with Crippen molar-refractivity contribution in [3.8, 4) is 0 Å². The normalized spacial score (nSPS) is 23.7. The van der Waals surface area contributed by atoms with E-state index in [1.54, 1.807) is 0 Å². The maximum Gasteiger partial charge on any atom is 0.174 e. The lowest BCUT2D eigenvalue weighted by Crippen LogP contribution is -2.41. The Balaban J connectivity index is 1.83. The predicted molar refractivity (Wildman–Crippen MR) is 76.0 cm³/mol. The van der Waals surface area contributed by atoms with Crippen molar-refractivity contribution in [1.82, 2.24) is 0 Å². The minimum Gasteiger partial charge on any atom is -0.396 e. The van der Waals surface area contributed by atoms with Gasteiger partial charge in [0.2, 0.25) is 0 Å². The third kappa shape index (κ3) is 3.50. The van der Waals surface area contributed by atoms with E-state index in [0.717, 1.165) is 32.5 Å². The Bertz CT molecular complexity index is 255. The van der Waals surface area contributed by atoms with Crippen LogP contribution in [0.1, 0.15) is 71.1 Å². The molecule has 1 aliphatic heterocycles. The van der Waals surface area contributed by atoms with E-state index in [9.17, 15) is 0 Å². The van der Waals surface area contributed by atoms with Crippen LogP contribution in [0.5, 0.6) is 0 Å². The van der Waals surface area contributed by atoms with Crippen molar-refractivity contribution in [3.63, 3.8) is 0 Å². The summed E-state index contributed by atoms with van der Waals surface area (Å²) in [6, 6.07) is 0. The second-order valence-electron chi connectivity index (χ2n) is 6.22. The molecule has 0 amide bonds. The van der Waals surface area contributed by atoms with Crippen molar-refractivity contribution in [2.24, 2.45) is 5.41 Å². The van der Waals surface area contributed by atoms with Gasteiger partial charge in [0.15, 0.2) is 5.79 Å². The van der Waals surface area contributed by atoms with Crippen LogP contribution in [0.2, 0.25) is 0 Å². The van der Waals surface area contributed by atoms with Gasteiger partial charge >= 0.3 is 0 Å². The van der Waals surface area contributed by atoms with Gasteiger partial charge in [-0.15, -0.1) is 0 Å². The van der Waals surface area contributed by atoms with Gasteiger partial charge in [0.05, 0.1) is 13.2 Å². The largest absolute Gasteiger partial charge is 0.396 e. The molecule has 19 heavy (non-hydrogen) atoms. The number of hydrogen-bond acceptors (Lipinski definition) is 3. The first-order valence-corrected chi connectivity index (χ1v) is 8.17. The zero-order valence-electron chi connectivity index (χ0n) is 12.5. The highest BCUT2D eigenvalue weighted by atomic mass is 16.7. The number of ether oxygens (including phenoxy) is 2. The quantitative estimate of drug-likeness (QED) is 0.616. The molecule has 1 aliphatic carbocycles. The van der Waals surface area contributed by atoms with Crippen LogP contribution in [-0.4, -0.2) is 30.7 Å². The summed E-state index contributed by atoms with van der Waals surface area (Å²) in [6.45, 7) is 4.03. The molecule has 2 rings (SSSR count). The number of rotatable bonds is 10. The Morgan fingerprint density at radius 3 is 2.16 bits per heavy atom. The summed E-state index contributed by atoms with van der Waals surface area (Å²) in [4.78, 5) is 0. The molecular weight excluding hydrogens is 240 g/mol. The fourth-order valence-electron chi connectivity index (χ4n) is 3.52. The van der Waals surface area contributed by atoms with E-state index >= 15 is 0 Å². The van der Waals surface area contributed by atoms with Crippen molar-refractivity contribution >= 4 is 0 Å². The first-order valence-electron chi connectivity index (χ1n) is 8.17. The predicted octanol–water partition coefficient (Wildman–Crippen LogP) is 3.64. The third-order valence-electron chi connectivity index (χ3n) is 4.84. The van der Waals surface area contributed by atoms with E-state index in [0.29, 0.717) is 0 Å². The monoisotopic (exact) mass is 270 g/mol. The summed E-state index contributed by atoms with van der Waals surface area (Å²) in [7, 11) is 0. The van der Waals surface area contributed by atoms with Crippen molar-refractivity contribution in [1.29, 1.82) is 0 Å². The summed E-state index contributed by atoms with van der Waals surface area (Å²) in [5.41, 5.74) is 0.219. The third-order valence-corrected chi connectivity index (χ3v) is 4.84. The summed E-state index contributed by atoms with van der Waals surface area (Å²) in [5.74, 6) is -0.311. The van der Waals surface area contributed by atoms with Gasteiger partial charge in [-0.2, -0.15) is 0 Å². The zero-order chi connectivity index (χ0) is 13.6. The molecule has 0 unspecified atom stereocenters. The van der Waals surface area contributed by atoms with Gasteiger partial charge in [-0.1, -0.05) is 32.6 Å². The molecule has 3 nitrogen and oxygen atoms in total. The maximum atomic E-state index is 9.08. The Labute approximate surface area is 117 Å². The van der Waals surface area contributed by atoms with Crippen LogP contribution < -0.4 is 0 Å². The number of aliphatic hydroxyl groups is 1. The van der Waals surface area contributed by atoms with Gasteiger partial charge in [0.25, 0.3) is 0 Å². The molecule has 3 heteroatoms. The number of hydrogen-bond donors (Lipinski definition) is 1. The van der Waals surface area contributed by atoms with E-state index in [1.165, 1.54) is 44.9 Å². The van der Waals surface area contributed by atoms with E-state index in [-0.39, 0.29) is 17.8 Å². The highest BCUT2D eigenvalue weighted by Gasteiger charge is 2.61. The summed E-state index contributed by atoms with van der Waals surface area (Å²) < 4.78 is 12.1. The molecule has 0 atom stereocenters. The van der Waals surface area contributed by atoms with Gasteiger partial charge < -0.3 is 14.6 Å². The van der Waals surface area contributed by atoms with Crippen LogP contribution >= 0.6 is 0 Å². The Kier molecular flexibility index (Phi) is 5.67. The lowest BCUT2D eigenvalue weighted by Gasteiger charge is -2.36. The minimum atomic E-state index is -0.311. The fourth-order valence-corrected chi connectivity index (χ4v) is 3.52. The van der Waals surface area contributed by atoms with Crippen LogP contribution in [0.25, 0.3) is 0 Å². The van der Waals surface area contributed by atoms with Crippen molar-refractivity contribution in [3.05, 3.63) is 0 Å². The van der Waals surface area contributed by atoms with Crippen molar-refractivity contribution < 1.29 is 14.6 Å². The van der Waals surface area contributed by atoms with Crippen LogP contribution in [0.4, 0.5) is 0 Å². The van der Waals surface area contributed by atoms with Crippen molar-refractivity contribution in [2.75, 3.05) is 19.8 Å². The molecule has 1 saturated heterocycles. The van der Waals surface area contributed by atoms with E-state index in [1.807, 2.05) is 0 Å². The first kappa shape index (κ1) is 15.3. The Morgan fingerprint density at radius 2 is 1.58 bits per heavy atom. The zero-order valence-corrected chi connectivity index (χ0v) is 12.5. The SMILES string of the molecule is CCCCCCCC1(C2(CCCO)CC2)OCCO1. The first-order chi connectivity index (χ1) is 9.29. The van der Waals surface area contributed by atoms with Crippen LogP contribution in [0.15, 0.2) is 0 Å². The van der Waals surface area contributed by atoms with E-state index in [4.69, 9.17) is 14.6 Å². The molecule has 2 fully saturated rings. The van der Waals surface area contributed by atoms with Crippen LogP contribution in [0.3, 0.4) is 0 Å². The highest BCUT2D eigenvalue weighted by molar-refractivity contribution is 5.05. The Hall–Kier alpha value is -0.120. The second-order valence-corrected chi connectivity index (χ2v) is 6.22. The molecule has 0 aromatic carbocycles. The van der Waals surface area contributed by atoms with Gasteiger partial charge in [-0.25, -0.2) is 0 Å². The van der Waals surface area contributed by atoms with Gasteiger partial charge in [0, 0.05) is 18.4 Å². The lowest BCUT2D eigenvalue weighted by molar-refractivity contribution is -0.214. The van der Waals surface area contributed by atoms with Crippen LogP contribution in [-0.2, 0) is 9.47 Å². The molecule has 0 aromatic heterocycles. The standard InChI is InChI=1S/C16H30O3/c1-2-3-4-5-6-9-16(18-13-14-19-16)15(10-11-15)8-7-12-17/h17H,2-14H2,1H3. The molecule has 0 bridgehead atoms. The van der Waals surface area contributed by atoms with E-state index < -0.39 is 0 Å². The summed E-state index contributed by atoms with van der Waals surface area (Å²) >= 11 is 0. The topological polar surface area (TPSA) is 38.7 Å². The second kappa shape index (κ2) is 7.05. The molecule has 1 heterocycles. The molecule has 2 aliphatic rings. The van der Waals surface area contributed by atoms with Crippen LogP contribution in [0, 0.1) is 5.41 Å². The smallest absolute Gasteiger partial charge is 0.174 e. The fraction of sp³-hybridized carbons (Fsp3) is 1.00. The van der Waals surface area contributed by atoms with Gasteiger partial charge in [0.1, 0.15) is 0 Å². The molecule has 1 saturated carbocycles. The number of aliphatic hydroxyl groups excluding tert-OH is 1. The average molecular weight is 270 g/mol. The maximum absolute atomic E-state index is 9.08. The van der Waals surface area contributed by atoms with Crippen molar-refractivity contribution in [2.45, 2.75) is 76.9 Å². The van der Waals surface area contributed by atoms with Gasteiger partial charge in [-0.3, -0.25) is 0 Å². The molecule has 0 radical (unpaired) electrons. The average Bonchev–Trinajstić information content (AvgIpc) is 3.08. The summed E-state index contributed by atoms with van der Waals surface area (Å²) in [5, 5.41) is 9.08. The van der Waals surface area contributed by atoms with E-state index in [2.05, 4.69) is 6.92 Å². The Morgan fingerprint density at radius 1 is 0.895 bits per heavy atom. The molecular formula is C16H30O3.